The topological polar surface area (TPSA) is 335 Å². The van der Waals surface area contributed by atoms with Crippen molar-refractivity contribution in [3.63, 3.8) is 0 Å². The van der Waals surface area contributed by atoms with Crippen molar-refractivity contribution in [2.75, 3.05) is 19.0 Å². The molecule has 1 aliphatic rings. The number of aliphatic hydroxyl groups is 1. The van der Waals surface area contributed by atoms with Crippen molar-refractivity contribution in [2.24, 2.45) is 0 Å². The standard InChI is InChI=1S/C15H18N2O3.C10H8O.C6H12BrNO2.C6H13NO3.C6H13NO2.C4H6O2.C3H7NO2.CO2/c1-15(2,17(19)20)7-3-8-16-9-6-13-10-12(11-18)4-5-14(13)16;11-7-8-4-5-9-2-1-3-10(9)6-8;1-6(2,8(9)10)4-3-5-7;1-6(2,7(9)10)4-3-5-8;1-4-5-6(2,3)7(8)9;1-3-4(5)6-2;1-3(2)4(5)6;2-1-3/h4-6,9-11H,3,7-8H2,1-2H3;1,3-7H,2H2;3-5H2,1-2H3;8H,3-5H2,1-2H3;4-5H2,1-3H3;3H,1H2,2H3;3H,1-2H3;. The molecule has 1 heterocycles. The van der Waals surface area contributed by atoms with Crippen LogP contribution in [0.1, 0.15) is 159 Å². The first-order chi connectivity index (χ1) is 34.7. The molecule has 0 aliphatic heterocycles. The number of carbonyl (C=O) groups excluding carboxylic acids is 5. The van der Waals surface area contributed by atoms with Crippen molar-refractivity contribution in [1.29, 1.82) is 0 Å². The SMILES string of the molecule is C=CC(=O)OC.CC(C)(CCCBr)[N+](=O)[O-].CC(C)(CCCO)[N+](=O)[O-].CC(C)(CCCn1ccc2cc(C=O)ccc21)[N+](=O)[O-].CC(C)[N+](=O)[O-].CCCC(C)(C)[N+](=O)[O-].O=C=O.O=Cc1ccc2c(c1)C=CC2. The molecule has 2 aromatic carbocycles. The molecular weight excluding hydrogens is 1050 g/mol. The Morgan fingerprint density at radius 3 is 1.55 bits per heavy atom. The number of ether oxygens (including phenoxy) is 1. The second-order valence-corrected chi connectivity index (χ2v) is 19.9. The van der Waals surface area contributed by atoms with E-state index in [2.05, 4.69) is 44.0 Å². The molecule has 23 nitrogen and oxygen atoms in total. The lowest BCUT2D eigenvalue weighted by Crippen LogP contribution is -2.30. The van der Waals surface area contributed by atoms with Crippen LogP contribution in [-0.4, -0.2) is 106 Å². The fraction of sp³-hybridized carbons (Fsp3) is 0.569. The van der Waals surface area contributed by atoms with E-state index in [1.54, 1.807) is 75.3 Å². The zero-order chi connectivity index (χ0) is 59.2. The predicted octanol–water partition coefficient (Wildman–Crippen LogP) is 10.7. The van der Waals surface area contributed by atoms with E-state index in [0.29, 0.717) is 37.7 Å². The van der Waals surface area contributed by atoms with Crippen LogP contribution in [0.25, 0.3) is 17.0 Å². The molecule has 1 aliphatic carbocycles. The second-order valence-electron chi connectivity index (χ2n) is 19.1. The lowest BCUT2D eigenvalue weighted by atomic mass is 10.00. The highest BCUT2D eigenvalue weighted by atomic mass is 79.9. The summed E-state index contributed by atoms with van der Waals surface area (Å²) >= 11 is 3.23. The average Bonchev–Trinajstić information content (AvgIpc) is 4.00. The number of halogens is 1. The molecule has 24 heteroatoms. The summed E-state index contributed by atoms with van der Waals surface area (Å²) in [4.78, 5) is 97.0. The van der Waals surface area contributed by atoms with E-state index in [1.165, 1.54) is 18.2 Å². The van der Waals surface area contributed by atoms with Gasteiger partial charge in [-0.15, -0.1) is 0 Å². The lowest BCUT2D eigenvalue weighted by Gasteiger charge is -2.15. The normalized spacial score (nSPS) is 10.9. The number of aryl methyl sites for hydroxylation is 1. The molecule has 0 spiro atoms. The van der Waals surface area contributed by atoms with Gasteiger partial charge in [-0.2, -0.15) is 9.59 Å². The summed E-state index contributed by atoms with van der Waals surface area (Å²) in [6.45, 7) is 22.0. The molecule has 1 N–H and O–H groups in total. The number of esters is 1. The predicted molar refractivity (Wildman–Crippen MR) is 289 cm³/mol. The zero-order valence-electron chi connectivity index (χ0n) is 45.3. The Balaban J connectivity index is -0.000000405. The number of carbonyl (C=O) groups is 3. The number of benzene rings is 2. The molecular formula is C51H77BrN6O17. The van der Waals surface area contributed by atoms with Crippen LogP contribution in [0.4, 0.5) is 0 Å². The minimum absolute atomic E-state index is 0.0251. The van der Waals surface area contributed by atoms with E-state index in [9.17, 15) is 65.0 Å². The molecule has 0 atom stereocenters. The third kappa shape index (κ3) is 34.3. The van der Waals surface area contributed by atoms with Crippen molar-refractivity contribution in [2.45, 2.75) is 169 Å². The molecule has 0 amide bonds. The van der Waals surface area contributed by atoms with E-state index >= 15 is 0 Å². The molecule has 0 bridgehead atoms. The van der Waals surface area contributed by atoms with E-state index in [-0.39, 0.29) is 37.4 Å². The lowest BCUT2D eigenvalue weighted by molar-refractivity contribution is -0.561. The first-order valence-electron chi connectivity index (χ1n) is 23.6. The van der Waals surface area contributed by atoms with Crippen LogP contribution in [-0.2, 0) is 32.1 Å². The maximum atomic E-state index is 10.9. The Labute approximate surface area is 447 Å². The van der Waals surface area contributed by atoms with Gasteiger partial charge < -0.3 is 14.4 Å². The number of alkyl halides is 1. The molecule has 4 rings (SSSR count). The van der Waals surface area contributed by atoms with Gasteiger partial charge in [-0.1, -0.05) is 53.7 Å². The summed E-state index contributed by atoms with van der Waals surface area (Å²) in [6, 6.07) is 12.9. The maximum Gasteiger partial charge on any atom is 0.373 e. The average molecular weight is 1130 g/mol. The third-order valence-corrected chi connectivity index (χ3v) is 11.1. The van der Waals surface area contributed by atoms with Crippen LogP contribution in [0.5, 0.6) is 0 Å². The number of fused-ring (bicyclic) bond motifs is 2. The van der Waals surface area contributed by atoms with E-state index in [1.807, 2.05) is 49.5 Å². The van der Waals surface area contributed by atoms with Gasteiger partial charge in [-0.3, -0.25) is 60.2 Å². The van der Waals surface area contributed by atoms with Crippen molar-refractivity contribution in [3.8, 4) is 0 Å². The Morgan fingerprint density at radius 2 is 1.19 bits per heavy atom. The van der Waals surface area contributed by atoms with Gasteiger partial charge in [0, 0.05) is 172 Å². The fourth-order valence-corrected chi connectivity index (χ4v) is 5.86. The molecule has 420 valence electrons. The minimum atomic E-state index is -0.886. The number of methoxy groups -OCH3 is 1. The number of hydrogen-bond acceptors (Lipinski definition) is 17. The largest absolute Gasteiger partial charge is 0.466 e. The highest BCUT2D eigenvalue weighted by Gasteiger charge is 2.31. The number of hydrogen-bond donors (Lipinski definition) is 1. The highest BCUT2D eigenvalue weighted by Crippen LogP contribution is 2.22. The van der Waals surface area contributed by atoms with Gasteiger partial charge in [-0.25, -0.2) is 4.79 Å². The van der Waals surface area contributed by atoms with E-state index in [0.717, 1.165) is 72.7 Å². The van der Waals surface area contributed by atoms with Crippen molar-refractivity contribution < 1.29 is 58.4 Å². The van der Waals surface area contributed by atoms with Gasteiger partial charge in [0.05, 0.1) is 7.11 Å². The zero-order valence-corrected chi connectivity index (χ0v) is 46.9. The van der Waals surface area contributed by atoms with Crippen LogP contribution in [0.3, 0.4) is 0 Å². The summed E-state index contributed by atoms with van der Waals surface area (Å²) in [5.41, 5.74) is 1.72. The summed E-state index contributed by atoms with van der Waals surface area (Å²) in [5, 5.41) is 61.4. The highest BCUT2D eigenvalue weighted by molar-refractivity contribution is 9.09. The van der Waals surface area contributed by atoms with Crippen molar-refractivity contribution >= 4 is 57.6 Å². The molecule has 0 unspecified atom stereocenters. The molecule has 0 saturated carbocycles. The van der Waals surface area contributed by atoms with E-state index < -0.39 is 34.2 Å². The van der Waals surface area contributed by atoms with Crippen molar-refractivity contribution in [1.82, 2.24) is 4.57 Å². The number of aldehydes is 2. The Hall–Kier alpha value is -6.91. The van der Waals surface area contributed by atoms with Gasteiger partial charge in [0.25, 0.3) is 0 Å². The summed E-state index contributed by atoms with van der Waals surface area (Å²) in [6.07, 6.45) is 15.4. The van der Waals surface area contributed by atoms with Gasteiger partial charge in [0.15, 0.2) is 0 Å². The van der Waals surface area contributed by atoms with Crippen LogP contribution >= 0.6 is 15.9 Å². The number of nitrogens with zero attached hydrogens (tertiary/aromatic N) is 6. The number of aromatic nitrogens is 1. The van der Waals surface area contributed by atoms with Crippen LogP contribution in [0.15, 0.2) is 67.4 Å². The van der Waals surface area contributed by atoms with Gasteiger partial charge in [0.1, 0.15) is 12.6 Å². The number of allylic oxidation sites excluding steroid dienone is 1. The first-order valence-corrected chi connectivity index (χ1v) is 24.7. The number of nitro groups is 5. The number of aliphatic hydroxyl groups excluding tert-OH is 1. The van der Waals surface area contributed by atoms with Crippen molar-refractivity contribution in [3.05, 3.63) is 140 Å². The summed E-state index contributed by atoms with van der Waals surface area (Å²) in [5.74, 6) is -0.394. The summed E-state index contributed by atoms with van der Waals surface area (Å²) in [7, 11) is 1.31. The number of rotatable bonds is 20. The Bertz CT molecular complexity index is 2290. The molecule has 3 aromatic rings. The molecule has 75 heavy (non-hydrogen) atoms. The van der Waals surface area contributed by atoms with E-state index in [4.69, 9.17) is 14.7 Å². The van der Waals surface area contributed by atoms with Crippen LogP contribution < -0.4 is 0 Å². The van der Waals surface area contributed by atoms with Crippen LogP contribution in [0, 0.1) is 50.6 Å². The smallest absolute Gasteiger partial charge is 0.373 e. The van der Waals surface area contributed by atoms with Gasteiger partial charge >= 0.3 is 12.1 Å². The second kappa shape index (κ2) is 39.5. The monoisotopic (exact) mass is 1120 g/mol. The summed E-state index contributed by atoms with van der Waals surface area (Å²) < 4.78 is 6.21. The van der Waals surface area contributed by atoms with Gasteiger partial charge in [-0.05, 0) is 73.6 Å². The molecule has 1 aromatic heterocycles. The fourth-order valence-electron chi connectivity index (χ4n) is 5.58. The first kappa shape index (κ1) is 74.6. The molecule has 0 radical (unpaired) electrons. The third-order valence-electron chi connectivity index (χ3n) is 10.6. The minimum Gasteiger partial charge on any atom is -0.466 e. The molecule has 0 saturated heterocycles. The molecule has 0 fully saturated rings. The quantitative estimate of drug-likeness (QED) is 0.0274. The van der Waals surface area contributed by atoms with Crippen LogP contribution in [0.2, 0.25) is 0 Å². The van der Waals surface area contributed by atoms with Gasteiger partial charge in [0.2, 0.25) is 28.2 Å². The Kier molecular flexibility index (Phi) is 39.3. The Morgan fingerprint density at radius 1 is 0.760 bits per heavy atom. The maximum absolute atomic E-state index is 10.9.